The molecule has 0 atom stereocenters. The largest absolute Gasteiger partial charge is 0.322 e. The maximum atomic E-state index is 5.07. The number of hydrogen-bond acceptors (Lipinski definition) is 3. The number of allylic oxidation sites excluding steroid dienone is 11. The second-order valence-corrected chi connectivity index (χ2v) is 13.0. The van der Waals surface area contributed by atoms with Crippen LogP contribution in [0.3, 0.4) is 0 Å². The summed E-state index contributed by atoms with van der Waals surface area (Å²) in [4.78, 5) is 12.2. The average molecular weight is 737 g/mol. The van der Waals surface area contributed by atoms with Crippen molar-refractivity contribution < 1.29 is 0 Å². The minimum absolute atomic E-state index is 0.615. The van der Waals surface area contributed by atoms with Crippen LogP contribution in [0.4, 0.5) is 0 Å². The van der Waals surface area contributed by atoms with Crippen molar-refractivity contribution in [2.24, 2.45) is 0 Å². The van der Waals surface area contributed by atoms with E-state index in [1.54, 1.807) is 6.08 Å². The Morgan fingerprint density at radius 1 is 0.768 bits per heavy atom. The molecule has 0 fully saturated rings. The molecule has 0 spiro atoms. The lowest BCUT2D eigenvalue weighted by Gasteiger charge is -2.22. The summed E-state index contributed by atoms with van der Waals surface area (Å²) < 4.78 is 2.22. The lowest BCUT2D eigenvalue weighted by molar-refractivity contribution is 0.597. The Balaban J connectivity index is 0.00000166. The summed E-state index contributed by atoms with van der Waals surface area (Å²) in [6, 6.07) is 28.8. The van der Waals surface area contributed by atoms with Crippen LogP contribution in [0.5, 0.6) is 0 Å². The van der Waals surface area contributed by atoms with Gasteiger partial charge in [0.2, 0.25) is 0 Å². The van der Waals surface area contributed by atoms with Crippen molar-refractivity contribution in [1.82, 2.24) is 19.4 Å². The first-order valence-electron chi connectivity index (χ1n) is 19.3. The highest BCUT2D eigenvalue weighted by molar-refractivity contribution is 5.93. The van der Waals surface area contributed by atoms with Gasteiger partial charge in [0.25, 0.3) is 0 Å². The van der Waals surface area contributed by atoms with Crippen LogP contribution in [0.25, 0.3) is 62.8 Å². The number of hydrogen-bond donors (Lipinski definition) is 0. The van der Waals surface area contributed by atoms with E-state index in [1.807, 2.05) is 105 Å². The monoisotopic (exact) mass is 736 g/mol. The molecule has 0 bridgehead atoms. The van der Waals surface area contributed by atoms with E-state index in [9.17, 15) is 0 Å². The Bertz CT molecular complexity index is 2370. The Morgan fingerprint density at radius 3 is 1.89 bits per heavy atom. The molecular weight excluding hydrogens is 681 g/mol. The van der Waals surface area contributed by atoms with Crippen LogP contribution in [0.1, 0.15) is 65.8 Å². The Kier molecular flexibility index (Phi) is 16.1. The van der Waals surface area contributed by atoms with Crippen molar-refractivity contribution >= 4 is 40.3 Å². The van der Waals surface area contributed by atoms with Crippen molar-refractivity contribution in [2.75, 3.05) is 0 Å². The highest BCUT2D eigenvalue weighted by atomic mass is 15.1. The summed E-state index contributed by atoms with van der Waals surface area (Å²) in [5.74, 6) is 0.615. The van der Waals surface area contributed by atoms with E-state index in [1.165, 1.54) is 12.8 Å². The van der Waals surface area contributed by atoms with E-state index in [-0.39, 0.29) is 0 Å². The first-order valence-corrected chi connectivity index (χ1v) is 19.3. The van der Waals surface area contributed by atoms with E-state index in [4.69, 9.17) is 9.97 Å². The predicted octanol–water partition coefficient (Wildman–Crippen LogP) is 12.9. The molecule has 0 saturated carbocycles. The van der Waals surface area contributed by atoms with Gasteiger partial charge in [-0.3, -0.25) is 0 Å². The third-order valence-electron chi connectivity index (χ3n) is 9.12. The van der Waals surface area contributed by atoms with Crippen LogP contribution in [0.2, 0.25) is 0 Å². The van der Waals surface area contributed by atoms with Crippen molar-refractivity contribution in [1.29, 1.82) is 0 Å². The second kappa shape index (κ2) is 21.4. The van der Waals surface area contributed by atoms with Crippen molar-refractivity contribution in [2.45, 2.75) is 54.4 Å². The summed E-state index contributed by atoms with van der Waals surface area (Å²) in [5.41, 5.74) is 8.32. The fraction of sp³-hybridized carbons (Fsp3) is 0.154. The van der Waals surface area contributed by atoms with Crippen molar-refractivity contribution in [3.63, 3.8) is 0 Å². The van der Waals surface area contributed by atoms with Gasteiger partial charge in [-0.05, 0) is 69.7 Å². The first kappa shape index (κ1) is 42.2. The van der Waals surface area contributed by atoms with E-state index < -0.39 is 0 Å². The first-order chi connectivity index (χ1) is 27.3. The molecule has 0 amide bonds. The van der Waals surface area contributed by atoms with Gasteiger partial charge < -0.3 is 9.47 Å². The number of unbranched alkanes of at least 4 members (excludes halogenated alkanes) is 1. The number of benzene rings is 3. The minimum atomic E-state index is 0.615. The molecule has 4 heteroatoms. The summed E-state index contributed by atoms with van der Waals surface area (Å²) >= 11 is 0. The van der Waals surface area contributed by atoms with E-state index in [2.05, 4.69) is 124 Å². The summed E-state index contributed by atoms with van der Waals surface area (Å²) in [6.45, 7) is 29.2. The zero-order valence-corrected chi connectivity index (χ0v) is 34.0. The molecule has 5 aromatic rings. The number of rotatable bonds is 14. The number of fused-ring (bicyclic) bond motifs is 1. The zero-order valence-electron chi connectivity index (χ0n) is 34.0. The van der Waals surface area contributed by atoms with Crippen molar-refractivity contribution in [3.8, 4) is 22.5 Å². The van der Waals surface area contributed by atoms with E-state index in [0.717, 1.165) is 72.2 Å². The van der Waals surface area contributed by atoms with Crippen LogP contribution < -0.4 is 10.7 Å². The zero-order chi connectivity index (χ0) is 40.5. The molecule has 0 saturated heterocycles. The molecule has 2 heterocycles. The Morgan fingerprint density at radius 2 is 1.39 bits per heavy atom. The van der Waals surface area contributed by atoms with Gasteiger partial charge in [-0.1, -0.05) is 168 Å². The van der Waals surface area contributed by atoms with E-state index in [0.29, 0.717) is 5.82 Å². The van der Waals surface area contributed by atoms with Crippen LogP contribution >= 0.6 is 0 Å². The second-order valence-electron chi connectivity index (χ2n) is 13.0. The molecule has 284 valence electrons. The standard InChI is InChI=1S/C48H46N4.C4H10/c1-9-22-40(48-49-43(38-24-17-15-18-25-38)34-44(50-48)39-26-19-16-20-27-39)33-36(8)51(32-11-3)35(7)30-31-46-42-29-21-28-37(12-4)47(42)45(14-6)52(46)41(13-5)23-10-2;1-3-4-2/h9-34H,2,4-5,8H2,1,3,6-7H3;3-4H2,1-2H3/b22-9-,32-11-,35-30+,40-33+,41-23+,45-14+,46-31+;. The average Bonchev–Trinajstić information content (AvgIpc) is 3.57. The molecule has 0 aliphatic carbocycles. The highest BCUT2D eigenvalue weighted by Gasteiger charge is 2.14. The fourth-order valence-corrected chi connectivity index (χ4v) is 6.25. The van der Waals surface area contributed by atoms with Gasteiger partial charge in [0.1, 0.15) is 0 Å². The molecule has 0 aliphatic heterocycles. The van der Waals surface area contributed by atoms with Crippen LogP contribution in [0.15, 0.2) is 177 Å². The van der Waals surface area contributed by atoms with Gasteiger partial charge in [-0.2, -0.15) is 0 Å². The predicted molar refractivity (Wildman–Crippen MR) is 246 cm³/mol. The normalized spacial score (nSPS) is 12.9. The molecule has 0 unspecified atom stereocenters. The number of nitrogens with zero attached hydrogens (tertiary/aromatic N) is 4. The van der Waals surface area contributed by atoms with Crippen molar-refractivity contribution in [3.05, 3.63) is 200 Å². The highest BCUT2D eigenvalue weighted by Crippen LogP contribution is 2.28. The quantitative estimate of drug-likeness (QED) is 0.106. The van der Waals surface area contributed by atoms with Gasteiger partial charge >= 0.3 is 0 Å². The molecular formula is C52H56N4. The summed E-state index contributed by atoms with van der Waals surface area (Å²) in [7, 11) is 0. The molecule has 2 aromatic heterocycles. The molecule has 5 rings (SSSR count). The van der Waals surface area contributed by atoms with Gasteiger partial charge in [0.05, 0.1) is 22.1 Å². The Hall–Kier alpha value is -6.52. The minimum Gasteiger partial charge on any atom is -0.322 e. The number of aromatic nitrogens is 3. The summed E-state index contributed by atoms with van der Waals surface area (Å²) in [6.07, 6.45) is 26.7. The smallest absolute Gasteiger partial charge is 0.160 e. The molecule has 0 radical (unpaired) electrons. The van der Waals surface area contributed by atoms with Gasteiger partial charge in [-0.25, -0.2) is 9.97 Å². The van der Waals surface area contributed by atoms with Crippen LogP contribution in [-0.2, 0) is 0 Å². The third kappa shape index (κ3) is 10.2. The summed E-state index contributed by atoms with van der Waals surface area (Å²) in [5, 5.41) is 4.34. The maximum absolute atomic E-state index is 5.07. The maximum Gasteiger partial charge on any atom is 0.160 e. The van der Waals surface area contributed by atoms with E-state index >= 15 is 0 Å². The van der Waals surface area contributed by atoms with Crippen LogP contribution in [0, 0.1) is 0 Å². The molecule has 4 nitrogen and oxygen atoms in total. The Labute approximate surface area is 335 Å². The van der Waals surface area contributed by atoms with Gasteiger partial charge in [0.15, 0.2) is 5.82 Å². The third-order valence-corrected chi connectivity index (χ3v) is 9.12. The van der Waals surface area contributed by atoms with Gasteiger partial charge in [0, 0.05) is 50.8 Å². The molecule has 0 aliphatic rings. The topological polar surface area (TPSA) is 34.0 Å². The molecule has 56 heavy (non-hydrogen) atoms. The molecule has 3 aromatic carbocycles. The lowest BCUT2D eigenvalue weighted by atomic mass is 10.1. The van der Waals surface area contributed by atoms with Crippen LogP contribution in [-0.4, -0.2) is 19.4 Å². The SMILES string of the molecule is C=C/C=C(\C=C)n1/c(=C/C=C(\C)N(/C=C\C)C(=C)/C=C(\C=C/C)c2nc(-c3ccccc3)cc(-c3ccccc3)n2)c2cccc(C=C)c2/c1=C\C.CCCC. The fourth-order valence-electron chi connectivity index (χ4n) is 6.25. The van der Waals surface area contributed by atoms with Gasteiger partial charge in [-0.15, -0.1) is 0 Å². The lowest BCUT2D eigenvalue weighted by Crippen LogP contribution is -2.25. The molecule has 0 N–H and O–H groups in total.